The molecule has 0 amide bonds. The fourth-order valence-corrected chi connectivity index (χ4v) is 9.01. The summed E-state index contributed by atoms with van der Waals surface area (Å²) in [6.45, 7) is 6.62. The fraction of sp³-hybridized carbons (Fsp3) is 0.803. The number of carbonyl (C=O) groups is 3. The number of esters is 3. The normalized spacial score (nSPS) is 12.4. The van der Waals surface area contributed by atoms with Crippen LogP contribution in [0.25, 0.3) is 0 Å². The van der Waals surface area contributed by atoms with Gasteiger partial charge in [0.15, 0.2) is 6.10 Å². The fourth-order valence-electron chi connectivity index (χ4n) is 9.01. The lowest BCUT2D eigenvalue weighted by atomic mass is 10.0. The van der Waals surface area contributed by atoms with Crippen molar-refractivity contribution in [3.63, 3.8) is 0 Å². The van der Waals surface area contributed by atoms with Crippen LogP contribution < -0.4 is 0 Å². The predicted molar refractivity (Wildman–Crippen MR) is 312 cm³/mol. The van der Waals surface area contributed by atoms with Crippen molar-refractivity contribution < 1.29 is 28.6 Å². The van der Waals surface area contributed by atoms with Crippen LogP contribution in [-0.2, 0) is 28.6 Å². The third kappa shape index (κ3) is 58.0. The maximum Gasteiger partial charge on any atom is 0.306 e. The van der Waals surface area contributed by atoms with Crippen LogP contribution in [0, 0.1) is 0 Å². The average molecular weight is 1010 g/mol. The minimum Gasteiger partial charge on any atom is -0.462 e. The van der Waals surface area contributed by atoms with Crippen molar-refractivity contribution in [3.8, 4) is 0 Å². The number of rotatable bonds is 57. The van der Waals surface area contributed by atoms with Gasteiger partial charge < -0.3 is 14.2 Å². The van der Waals surface area contributed by atoms with Crippen molar-refractivity contribution in [1.82, 2.24) is 0 Å². The molecule has 6 heteroatoms. The van der Waals surface area contributed by atoms with Gasteiger partial charge in [0.05, 0.1) is 0 Å². The lowest BCUT2D eigenvalue weighted by Crippen LogP contribution is -2.30. The zero-order valence-electron chi connectivity index (χ0n) is 47.9. The van der Waals surface area contributed by atoms with Gasteiger partial charge in [0.1, 0.15) is 13.2 Å². The minimum atomic E-state index is -0.776. The Morgan fingerprint density at radius 1 is 0.278 bits per heavy atom. The molecule has 1 atom stereocenters. The van der Waals surface area contributed by atoms with Gasteiger partial charge in [-0.05, 0) is 89.9 Å². The Hall–Kier alpha value is -2.89. The first-order chi connectivity index (χ1) is 35.5. The molecule has 1 unspecified atom stereocenters. The standard InChI is InChI=1S/C66H118O6/c1-4-7-10-13-16-19-22-24-26-28-30-31-32-33-34-35-37-38-40-42-44-47-50-53-56-59-65(68)71-62-63(61-70-64(67)58-55-52-49-46-21-18-15-12-9-6-3)72-66(69)60-57-54-51-48-45-43-41-39-36-29-27-25-23-20-17-14-11-8-5-2/h17,20,22,24-25,27-28,30,32-33,63H,4-16,18-19,21,23,26,29,31,34-62H2,1-3H3/b20-17-,24-22-,27-25-,30-28-,33-32-. The number of allylic oxidation sites excluding steroid dienone is 10. The second-order valence-electron chi connectivity index (χ2n) is 21.0. The maximum absolute atomic E-state index is 12.9. The summed E-state index contributed by atoms with van der Waals surface area (Å²) in [4.78, 5) is 38.2. The quantitative estimate of drug-likeness (QED) is 0.0261. The first-order valence-electron chi connectivity index (χ1n) is 31.3. The highest BCUT2D eigenvalue weighted by Gasteiger charge is 2.19. The van der Waals surface area contributed by atoms with E-state index in [1.165, 1.54) is 205 Å². The van der Waals surface area contributed by atoms with Gasteiger partial charge in [-0.3, -0.25) is 14.4 Å². The topological polar surface area (TPSA) is 78.9 Å². The lowest BCUT2D eigenvalue weighted by molar-refractivity contribution is -0.167. The summed E-state index contributed by atoms with van der Waals surface area (Å²) in [5.74, 6) is -0.870. The minimum absolute atomic E-state index is 0.0743. The summed E-state index contributed by atoms with van der Waals surface area (Å²) < 4.78 is 16.9. The highest BCUT2D eigenvalue weighted by molar-refractivity contribution is 5.71. The Balaban J connectivity index is 4.25. The Bertz CT molecular complexity index is 1290. The van der Waals surface area contributed by atoms with E-state index >= 15 is 0 Å². The molecule has 0 heterocycles. The summed E-state index contributed by atoms with van der Waals surface area (Å²) in [6, 6.07) is 0. The Kier molecular flexibility index (Phi) is 58.2. The highest BCUT2D eigenvalue weighted by Crippen LogP contribution is 2.16. The Morgan fingerprint density at radius 2 is 0.500 bits per heavy atom. The lowest BCUT2D eigenvalue weighted by Gasteiger charge is -2.18. The molecule has 0 N–H and O–H groups in total. The number of carbonyl (C=O) groups excluding carboxylic acids is 3. The zero-order chi connectivity index (χ0) is 52.2. The van der Waals surface area contributed by atoms with Crippen LogP contribution in [0.2, 0.25) is 0 Å². The van der Waals surface area contributed by atoms with Gasteiger partial charge in [-0.1, -0.05) is 274 Å². The molecular weight excluding hydrogens is 889 g/mol. The van der Waals surface area contributed by atoms with Crippen molar-refractivity contribution in [1.29, 1.82) is 0 Å². The molecule has 0 rings (SSSR count). The highest BCUT2D eigenvalue weighted by atomic mass is 16.6. The van der Waals surface area contributed by atoms with E-state index in [1.54, 1.807) is 0 Å². The molecule has 418 valence electrons. The second kappa shape index (κ2) is 60.7. The molecule has 6 nitrogen and oxygen atoms in total. The smallest absolute Gasteiger partial charge is 0.306 e. The number of hydrogen-bond donors (Lipinski definition) is 0. The van der Waals surface area contributed by atoms with E-state index in [-0.39, 0.29) is 31.1 Å². The van der Waals surface area contributed by atoms with Gasteiger partial charge in [-0.15, -0.1) is 0 Å². The van der Waals surface area contributed by atoms with Crippen molar-refractivity contribution in [2.45, 2.75) is 329 Å². The summed E-state index contributed by atoms with van der Waals surface area (Å²) in [5.41, 5.74) is 0. The maximum atomic E-state index is 12.9. The van der Waals surface area contributed by atoms with Crippen LogP contribution in [0.15, 0.2) is 60.8 Å². The second-order valence-corrected chi connectivity index (χ2v) is 21.0. The first-order valence-corrected chi connectivity index (χ1v) is 31.3. The molecule has 0 bridgehead atoms. The average Bonchev–Trinajstić information content (AvgIpc) is 3.38. The zero-order valence-corrected chi connectivity index (χ0v) is 47.9. The van der Waals surface area contributed by atoms with Gasteiger partial charge in [0.2, 0.25) is 0 Å². The molecule has 0 radical (unpaired) electrons. The van der Waals surface area contributed by atoms with E-state index in [0.717, 1.165) is 77.0 Å². The van der Waals surface area contributed by atoms with Crippen LogP contribution in [0.4, 0.5) is 0 Å². The van der Waals surface area contributed by atoms with Crippen molar-refractivity contribution in [2.75, 3.05) is 13.2 Å². The van der Waals surface area contributed by atoms with Crippen LogP contribution in [0.3, 0.4) is 0 Å². The van der Waals surface area contributed by atoms with Gasteiger partial charge in [0.25, 0.3) is 0 Å². The molecule has 0 saturated heterocycles. The molecule has 0 fully saturated rings. The van der Waals surface area contributed by atoms with E-state index in [9.17, 15) is 14.4 Å². The van der Waals surface area contributed by atoms with Crippen molar-refractivity contribution in [3.05, 3.63) is 60.8 Å². The first kappa shape index (κ1) is 69.1. The van der Waals surface area contributed by atoms with Crippen LogP contribution >= 0.6 is 0 Å². The van der Waals surface area contributed by atoms with E-state index in [2.05, 4.69) is 81.5 Å². The number of hydrogen-bond acceptors (Lipinski definition) is 6. The monoisotopic (exact) mass is 1010 g/mol. The summed E-state index contributed by atoms with van der Waals surface area (Å²) in [7, 11) is 0. The van der Waals surface area contributed by atoms with E-state index in [1.807, 2.05) is 0 Å². The van der Waals surface area contributed by atoms with Crippen LogP contribution in [0.1, 0.15) is 323 Å². The summed E-state index contributed by atoms with van der Waals surface area (Å²) in [5, 5.41) is 0. The summed E-state index contributed by atoms with van der Waals surface area (Å²) >= 11 is 0. The molecule has 0 aliphatic rings. The number of ether oxygens (including phenoxy) is 3. The Labute approximate surface area is 447 Å². The van der Waals surface area contributed by atoms with Crippen LogP contribution in [0.5, 0.6) is 0 Å². The van der Waals surface area contributed by atoms with Gasteiger partial charge in [0, 0.05) is 19.3 Å². The number of unbranched alkanes of at least 4 members (excludes halogenated alkanes) is 36. The SMILES string of the molecule is CCCCC/C=C\C/C=C\CCCCCCCCCCCC(=O)OC(COC(=O)CCCCCCCCCCCC)COC(=O)CCCCCCCCCCCC/C=C\C/C=C\C/C=C\CCCCCCC. The van der Waals surface area contributed by atoms with Gasteiger partial charge >= 0.3 is 17.9 Å². The van der Waals surface area contributed by atoms with Crippen LogP contribution in [-0.4, -0.2) is 37.2 Å². The van der Waals surface area contributed by atoms with Gasteiger partial charge in [-0.2, -0.15) is 0 Å². The molecule has 72 heavy (non-hydrogen) atoms. The third-order valence-electron chi connectivity index (χ3n) is 13.7. The predicted octanol–water partition coefficient (Wildman–Crippen LogP) is 21.2. The molecule has 0 saturated carbocycles. The Morgan fingerprint density at radius 3 is 0.806 bits per heavy atom. The molecule has 0 aromatic heterocycles. The van der Waals surface area contributed by atoms with Gasteiger partial charge in [-0.25, -0.2) is 0 Å². The molecule has 0 aromatic carbocycles. The molecular formula is C66H118O6. The van der Waals surface area contributed by atoms with E-state index < -0.39 is 6.10 Å². The van der Waals surface area contributed by atoms with E-state index in [4.69, 9.17) is 14.2 Å². The molecule has 0 aliphatic heterocycles. The molecule has 0 spiro atoms. The third-order valence-corrected chi connectivity index (χ3v) is 13.7. The van der Waals surface area contributed by atoms with E-state index in [0.29, 0.717) is 19.3 Å². The molecule has 0 aliphatic carbocycles. The van der Waals surface area contributed by atoms with Crippen molar-refractivity contribution >= 4 is 17.9 Å². The largest absolute Gasteiger partial charge is 0.462 e. The summed E-state index contributed by atoms with van der Waals surface area (Å²) in [6.07, 6.45) is 76.5. The van der Waals surface area contributed by atoms with Crippen molar-refractivity contribution in [2.24, 2.45) is 0 Å². The molecule has 0 aromatic rings.